The summed E-state index contributed by atoms with van der Waals surface area (Å²) in [4.78, 5) is 11.7. The Labute approximate surface area is 125 Å². The van der Waals surface area contributed by atoms with Gasteiger partial charge in [0.15, 0.2) is 0 Å². The molecule has 21 heavy (non-hydrogen) atoms. The first kappa shape index (κ1) is 17.8. The monoisotopic (exact) mass is 322 g/mol. The highest BCUT2D eigenvalue weighted by Gasteiger charge is 2.32. The summed E-state index contributed by atoms with van der Waals surface area (Å²) < 4.78 is 41.4. The third-order valence-electron chi connectivity index (χ3n) is 2.99. The minimum atomic E-state index is -4.35. The van der Waals surface area contributed by atoms with Gasteiger partial charge in [-0.25, -0.2) is 0 Å². The van der Waals surface area contributed by atoms with Crippen LogP contribution in [0.25, 0.3) is 0 Å². The highest BCUT2D eigenvalue weighted by Crippen LogP contribution is 2.37. The van der Waals surface area contributed by atoms with Gasteiger partial charge in [0.25, 0.3) is 0 Å². The van der Waals surface area contributed by atoms with Gasteiger partial charge in [0.1, 0.15) is 0 Å². The molecule has 0 aliphatic heterocycles. The van der Waals surface area contributed by atoms with Crippen LogP contribution in [0.3, 0.4) is 0 Å². The molecule has 1 aromatic carbocycles. The maximum absolute atomic E-state index is 12.2. The molecule has 0 radical (unpaired) electrons. The molecule has 1 rings (SSSR count). The number of aliphatic hydroxyl groups is 1. The molecule has 0 saturated heterocycles. The zero-order valence-corrected chi connectivity index (χ0v) is 12.7. The van der Waals surface area contributed by atoms with E-state index in [4.69, 9.17) is 0 Å². The summed E-state index contributed by atoms with van der Waals surface area (Å²) in [7, 11) is 1.23. The lowest BCUT2D eigenvalue weighted by Crippen LogP contribution is -2.28. The molecule has 0 aromatic heterocycles. The van der Waals surface area contributed by atoms with Gasteiger partial charge in [0, 0.05) is 4.90 Å². The molecule has 3 nitrogen and oxygen atoms in total. The summed E-state index contributed by atoms with van der Waals surface area (Å²) in [6, 6.07) is 5.31. The van der Waals surface area contributed by atoms with Crippen molar-refractivity contribution in [3.63, 3.8) is 0 Å². The van der Waals surface area contributed by atoms with Crippen molar-refractivity contribution < 1.29 is 27.8 Å². The fourth-order valence-corrected chi connectivity index (χ4v) is 2.52. The minimum absolute atomic E-state index is 0.0256. The fourth-order valence-electron chi connectivity index (χ4n) is 1.98. The van der Waals surface area contributed by atoms with E-state index in [0.29, 0.717) is 5.56 Å². The number of thioether (sulfide) groups is 1. The summed E-state index contributed by atoms with van der Waals surface area (Å²) >= 11 is -0.227. The molecule has 0 amide bonds. The van der Waals surface area contributed by atoms with Crippen molar-refractivity contribution >= 4 is 17.7 Å². The number of carbonyl (C=O) groups excluding carboxylic acids is 1. The van der Waals surface area contributed by atoms with Gasteiger partial charge in [0.05, 0.1) is 19.1 Å². The van der Waals surface area contributed by atoms with E-state index in [1.165, 1.54) is 31.4 Å². The third-order valence-corrected chi connectivity index (χ3v) is 3.73. The molecule has 0 spiro atoms. The first-order chi connectivity index (χ1) is 9.65. The lowest BCUT2D eigenvalue weighted by molar-refractivity contribution is -0.152. The number of rotatable bonds is 5. The number of carbonyl (C=O) groups is 1. The molecule has 1 aromatic rings. The molecule has 1 N–H and O–H groups in total. The smallest absolute Gasteiger partial charge is 0.446 e. The average molecular weight is 322 g/mol. The molecular formula is C14H17F3O3S. The van der Waals surface area contributed by atoms with E-state index in [9.17, 15) is 23.1 Å². The largest absolute Gasteiger partial charge is 0.469 e. The van der Waals surface area contributed by atoms with Crippen molar-refractivity contribution in [2.75, 3.05) is 7.11 Å². The summed E-state index contributed by atoms with van der Waals surface area (Å²) in [5.74, 6) is -1.49. The van der Waals surface area contributed by atoms with Crippen LogP contribution >= 0.6 is 11.8 Å². The standard InChI is InChI=1S/C14H17F3O3S/c1-8(2)11(13(19)20-3)12(18)9-4-6-10(7-5-9)21-14(15,16)17/h4-8,11-12,18H,1-3H3. The Morgan fingerprint density at radius 3 is 2.14 bits per heavy atom. The van der Waals surface area contributed by atoms with Gasteiger partial charge in [-0.1, -0.05) is 26.0 Å². The van der Waals surface area contributed by atoms with E-state index in [2.05, 4.69) is 4.74 Å². The Morgan fingerprint density at radius 1 is 1.24 bits per heavy atom. The van der Waals surface area contributed by atoms with Crippen LogP contribution in [0.15, 0.2) is 29.2 Å². The van der Waals surface area contributed by atoms with E-state index >= 15 is 0 Å². The minimum Gasteiger partial charge on any atom is -0.469 e. The molecule has 0 aliphatic carbocycles. The summed E-state index contributed by atoms with van der Waals surface area (Å²) in [5, 5.41) is 10.2. The molecule has 0 bridgehead atoms. The molecule has 0 aliphatic rings. The normalized spacial score (nSPS) is 14.9. The first-order valence-electron chi connectivity index (χ1n) is 6.27. The summed E-state index contributed by atoms with van der Waals surface area (Å²) in [6.07, 6.45) is -1.12. The number of hydrogen-bond donors (Lipinski definition) is 1. The Morgan fingerprint density at radius 2 is 1.76 bits per heavy atom. The van der Waals surface area contributed by atoms with Gasteiger partial charge in [0.2, 0.25) is 0 Å². The number of ether oxygens (including phenoxy) is 1. The van der Waals surface area contributed by atoms with Crippen LogP contribution in [-0.2, 0) is 9.53 Å². The highest BCUT2D eigenvalue weighted by molar-refractivity contribution is 8.00. The van der Waals surface area contributed by atoms with Gasteiger partial charge in [-0.3, -0.25) is 4.79 Å². The van der Waals surface area contributed by atoms with Gasteiger partial charge in [-0.2, -0.15) is 13.2 Å². The van der Waals surface area contributed by atoms with Gasteiger partial charge < -0.3 is 9.84 Å². The first-order valence-corrected chi connectivity index (χ1v) is 7.09. The molecule has 118 valence electrons. The Kier molecular flexibility index (Phi) is 6.10. The molecular weight excluding hydrogens is 305 g/mol. The molecule has 0 fully saturated rings. The van der Waals surface area contributed by atoms with Gasteiger partial charge in [-0.15, -0.1) is 0 Å². The average Bonchev–Trinajstić information content (AvgIpc) is 2.37. The number of benzene rings is 1. The zero-order valence-electron chi connectivity index (χ0n) is 11.8. The molecule has 0 heterocycles. The maximum Gasteiger partial charge on any atom is 0.446 e. The second-order valence-corrected chi connectivity index (χ2v) is 5.99. The predicted molar refractivity (Wildman–Crippen MR) is 73.7 cm³/mol. The highest BCUT2D eigenvalue weighted by atomic mass is 32.2. The maximum atomic E-state index is 12.2. The Hall–Kier alpha value is -1.21. The van der Waals surface area contributed by atoms with E-state index in [1.807, 2.05) is 0 Å². The lowest BCUT2D eigenvalue weighted by Gasteiger charge is -2.24. The van der Waals surface area contributed by atoms with E-state index in [0.717, 1.165) is 0 Å². The van der Waals surface area contributed by atoms with Crippen LogP contribution in [0, 0.1) is 11.8 Å². The fraction of sp³-hybridized carbons (Fsp3) is 0.500. The third kappa shape index (κ3) is 5.24. The van der Waals surface area contributed by atoms with Crippen LogP contribution < -0.4 is 0 Å². The molecule has 2 unspecified atom stereocenters. The predicted octanol–water partition coefficient (Wildman–Crippen LogP) is 3.78. The number of halogens is 3. The Balaban J connectivity index is 2.91. The summed E-state index contributed by atoms with van der Waals surface area (Å²) in [6.45, 7) is 3.53. The number of methoxy groups -OCH3 is 1. The van der Waals surface area contributed by atoms with Crippen LogP contribution in [0.4, 0.5) is 13.2 Å². The summed E-state index contributed by atoms with van der Waals surface area (Å²) in [5.41, 5.74) is -3.97. The van der Waals surface area contributed by atoms with Crippen molar-refractivity contribution in [1.82, 2.24) is 0 Å². The van der Waals surface area contributed by atoms with Gasteiger partial charge in [-0.05, 0) is 35.4 Å². The SMILES string of the molecule is COC(=O)C(C(C)C)C(O)c1ccc(SC(F)(F)F)cc1. The van der Waals surface area contributed by atoms with Crippen molar-refractivity contribution in [2.45, 2.75) is 30.4 Å². The van der Waals surface area contributed by atoms with E-state index in [-0.39, 0.29) is 22.6 Å². The second-order valence-electron chi connectivity index (χ2n) is 4.85. The number of alkyl halides is 3. The number of aliphatic hydroxyl groups excluding tert-OH is 1. The van der Waals surface area contributed by atoms with Crippen LogP contribution in [0.1, 0.15) is 25.5 Å². The van der Waals surface area contributed by atoms with E-state index in [1.54, 1.807) is 13.8 Å². The number of esters is 1. The van der Waals surface area contributed by atoms with Crippen LogP contribution in [-0.4, -0.2) is 23.7 Å². The molecule has 7 heteroatoms. The van der Waals surface area contributed by atoms with Crippen LogP contribution in [0.5, 0.6) is 0 Å². The molecule has 2 atom stereocenters. The second kappa shape index (κ2) is 7.17. The van der Waals surface area contributed by atoms with Gasteiger partial charge >= 0.3 is 11.5 Å². The topological polar surface area (TPSA) is 46.5 Å². The number of hydrogen-bond acceptors (Lipinski definition) is 4. The van der Waals surface area contributed by atoms with Crippen molar-refractivity contribution in [1.29, 1.82) is 0 Å². The molecule has 0 saturated carbocycles. The lowest BCUT2D eigenvalue weighted by atomic mass is 9.86. The van der Waals surface area contributed by atoms with Crippen molar-refractivity contribution in [3.8, 4) is 0 Å². The Bertz CT molecular complexity index is 471. The van der Waals surface area contributed by atoms with Crippen LogP contribution in [0.2, 0.25) is 0 Å². The van der Waals surface area contributed by atoms with Crippen molar-refractivity contribution in [2.24, 2.45) is 11.8 Å². The van der Waals surface area contributed by atoms with E-state index < -0.39 is 23.5 Å². The zero-order chi connectivity index (χ0) is 16.2. The quantitative estimate of drug-likeness (QED) is 0.662. The van der Waals surface area contributed by atoms with Crippen molar-refractivity contribution in [3.05, 3.63) is 29.8 Å².